The van der Waals surface area contributed by atoms with E-state index in [1.807, 2.05) is 6.92 Å². The van der Waals surface area contributed by atoms with Crippen molar-refractivity contribution in [3.05, 3.63) is 93.5 Å². The zero-order valence-electron chi connectivity index (χ0n) is 20.5. The van der Waals surface area contributed by atoms with E-state index in [-0.39, 0.29) is 40.9 Å². The first-order valence-corrected chi connectivity index (χ1v) is 11.9. The fraction of sp³-hybridized carbons (Fsp3) is 0.143. The summed E-state index contributed by atoms with van der Waals surface area (Å²) in [6.45, 7) is 4.03. The zero-order valence-corrected chi connectivity index (χ0v) is 21.2. The van der Waals surface area contributed by atoms with E-state index in [0.717, 1.165) is 10.5 Å². The van der Waals surface area contributed by atoms with E-state index < -0.39 is 23.8 Å². The van der Waals surface area contributed by atoms with Crippen molar-refractivity contribution in [1.29, 1.82) is 0 Å². The number of ether oxygens (including phenoxy) is 2. The number of benzene rings is 3. The number of carboxylic acids is 1. The van der Waals surface area contributed by atoms with Crippen LogP contribution in [-0.2, 0) is 16.2 Å². The number of amides is 4. The van der Waals surface area contributed by atoms with E-state index in [4.69, 9.17) is 26.2 Å². The first kappa shape index (κ1) is 26.4. The molecule has 1 aliphatic heterocycles. The molecule has 1 saturated heterocycles. The Morgan fingerprint density at radius 3 is 2.34 bits per heavy atom. The number of rotatable bonds is 8. The van der Waals surface area contributed by atoms with Gasteiger partial charge in [0.05, 0.1) is 22.9 Å². The van der Waals surface area contributed by atoms with Gasteiger partial charge in [0.25, 0.3) is 11.8 Å². The number of halogens is 1. The predicted molar refractivity (Wildman–Crippen MR) is 141 cm³/mol. The lowest BCUT2D eigenvalue weighted by atomic mass is 10.1. The SMILES string of the molecule is CCOc1cc(/C=C2\C(=O)NC(=O)N(c3ccc(C)cc3)C2=O)cc(Cl)c1OCc1ccc(C(=O)O)cc1. The number of hydrogen-bond acceptors (Lipinski definition) is 6. The molecule has 0 unspecified atom stereocenters. The average Bonchev–Trinajstić information content (AvgIpc) is 2.87. The number of hydrogen-bond donors (Lipinski definition) is 2. The maximum atomic E-state index is 13.2. The number of imide groups is 2. The van der Waals surface area contributed by atoms with Gasteiger partial charge in [0.1, 0.15) is 12.2 Å². The molecule has 4 amide bonds. The molecule has 2 N–H and O–H groups in total. The highest BCUT2D eigenvalue weighted by atomic mass is 35.5. The van der Waals surface area contributed by atoms with E-state index in [1.165, 1.54) is 24.3 Å². The van der Waals surface area contributed by atoms with Crippen molar-refractivity contribution in [2.24, 2.45) is 0 Å². The van der Waals surface area contributed by atoms with Crippen LogP contribution in [0.1, 0.15) is 34.0 Å². The molecule has 38 heavy (non-hydrogen) atoms. The summed E-state index contributed by atoms with van der Waals surface area (Å²) >= 11 is 6.49. The third-order valence-electron chi connectivity index (χ3n) is 5.62. The number of anilines is 1. The van der Waals surface area contributed by atoms with Gasteiger partial charge in [-0.25, -0.2) is 14.5 Å². The number of aryl methyl sites for hydroxylation is 1. The maximum absolute atomic E-state index is 13.2. The minimum Gasteiger partial charge on any atom is -0.490 e. The molecule has 3 aromatic carbocycles. The van der Waals surface area contributed by atoms with Gasteiger partial charge in [-0.2, -0.15) is 0 Å². The molecule has 3 aromatic rings. The number of aromatic carboxylic acids is 1. The molecule has 1 heterocycles. The summed E-state index contributed by atoms with van der Waals surface area (Å²) in [7, 11) is 0. The molecule has 1 aliphatic rings. The molecule has 0 saturated carbocycles. The van der Waals surface area contributed by atoms with Crippen LogP contribution >= 0.6 is 11.6 Å². The fourth-order valence-corrected chi connectivity index (χ4v) is 4.00. The van der Waals surface area contributed by atoms with Gasteiger partial charge in [0.2, 0.25) is 0 Å². The van der Waals surface area contributed by atoms with Crippen molar-refractivity contribution in [3.63, 3.8) is 0 Å². The molecular weight excluding hydrogens is 512 g/mol. The highest BCUT2D eigenvalue weighted by molar-refractivity contribution is 6.39. The lowest BCUT2D eigenvalue weighted by molar-refractivity contribution is -0.122. The summed E-state index contributed by atoms with van der Waals surface area (Å²) in [6, 6.07) is 15.2. The molecule has 0 radical (unpaired) electrons. The Balaban J connectivity index is 1.62. The van der Waals surface area contributed by atoms with Crippen LogP contribution in [0, 0.1) is 6.92 Å². The second-order valence-corrected chi connectivity index (χ2v) is 8.75. The zero-order chi connectivity index (χ0) is 27.4. The standard InChI is InChI=1S/C28H23ClN2O7/c1-3-37-23-14-18(13-22(29)24(23)38-15-17-6-8-19(9-7-17)27(34)35)12-21-25(32)30-28(36)31(26(21)33)20-10-4-16(2)5-11-20/h4-14H,3,15H2,1-2H3,(H,34,35)(H,30,32,36)/b21-12+. The number of nitrogens with one attached hydrogen (secondary N) is 1. The Bertz CT molecular complexity index is 1450. The van der Waals surface area contributed by atoms with Gasteiger partial charge in [0.15, 0.2) is 11.5 Å². The van der Waals surface area contributed by atoms with Gasteiger partial charge in [-0.3, -0.25) is 14.9 Å². The quantitative estimate of drug-likeness (QED) is 0.308. The normalized spacial score (nSPS) is 14.4. The van der Waals surface area contributed by atoms with Gasteiger partial charge in [-0.15, -0.1) is 0 Å². The molecule has 9 nitrogen and oxygen atoms in total. The minimum atomic E-state index is -1.03. The Morgan fingerprint density at radius 2 is 1.71 bits per heavy atom. The minimum absolute atomic E-state index is 0.0919. The molecule has 10 heteroatoms. The summed E-state index contributed by atoms with van der Waals surface area (Å²) in [5.74, 6) is -2.11. The van der Waals surface area contributed by atoms with E-state index in [1.54, 1.807) is 49.4 Å². The largest absolute Gasteiger partial charge is 0.490 e. The number of carboxylic acid groups (broad SMARTS) is 1. The maximum Gasteiger partial charge on any atom is 0.335 e. The Kier molecular flexibility index (Phi) is 7.78. The van der Waals surface area contributed by atoms with E-state index in [2.05, 4.69) is 5.32 Å². The van der Waals surface area contributed by atoms with E-state index in [9.17, 15) is 19.2 Å². The van der Waals surface area contributed by atoms with Crippen molar-refractivity contribution in [2.45, 2.75) is 20.5 Å². The van der Waals surface area contributed by atoms with Crippen molar-refractivity contribution in [3.8, 4) is 11.5 Å². The van der Waals surface area contributed by atoms with Gasteiger partial charge in [-0.1, -0.05) is 41.4 Å². The summed E-state index contributed by atoms with van der Waals surface area (Å²) < 4.78 is 11.6. The van der Waals surface area contributed by atoms with Crippen LogP contribution in [0.4, 0.5) is 10.5 Å². The third-order valence-corrected chi connectivity index (χ3v) is 5.90. The van der Waals surface area contributed by atoms with Crippen LogP contribution in [0.15, 0.2) is 66.2 Å². The summed E-state index contributed by atoms with van der Waals surface area (Å²) in [5.41, 5.74) is 2.27. The van der Waals surface area contributed by atoms with Crippen LogP contribution < -0.4 is 19.7 Å². The third kappa shape index (κ3) is 5.68. The summed E-state index contributed by atoms with van der Waals surface area (Å²) in [6.07, 6.45) is 1.33. The molecule has 0 aromatic heterocycles. The fourth-order valence-electron chi connectivity index (χ4n) is 3.73. The van der Waals surface area contributed by atoms with Gasteiger partial charge in [0, 0.05) is 0 Å². The van der Waals surface area contributed by atoms with E-state index in [0.29, 0.717) is 16.8 Å². The number of nitrogens with zero attached hydrogens (tertiary/aromatic N) is 1. The van der Waals surface area contributed by atoms with Crippen molar-refractivity contribution < 1.29 is 33.8 Å². The average molecular weight is 535 g/mol. The molecular formula is C28H23ClN2O7. The molecule has 1 fully saturated rings. The van der Waals surface area contributed by atoms with Crippen LogP contribution in [-0.4, -0.2) is 35.5 Å². The summed E-state index contributed by atoms with van der Waals surface area (Å²) in [5, 5.41) is 11.4. The van der Waals surface area contributed by atoms with Gasteiger partial charge < -0.3 is 14.6 Å². The Labute approximate surface area is 223 Å². The van der Waals surface area contributed by atoms with Crippen LogP contribution in [0.5, 0.6) is 11.5 Å². The Hall–Kier alpha value is -4.63. The van der Waals surface area contributed by atoms with Crippen LogP contribution in [0.3, 0.4) is 0 Å². The molecule has 0 aliphatic carbocycles. The van der Waals surface area contributed by atoms with Crippen LogP contribution in [0.25, 0.3) is 6.08 Å². The highest BCUT2D eigenvalue weighted by Crippen LogP contribution is 2.38. The summed E-state index contributed by atoms with van der Waals surface area (Å²) in [4.78, 5) is 50.1. The second-order valence-electron chi connectivity index (χ2n) is 8.35. The smallest absolute Gasteiger partial charge is 0.335 e. The molecule has 0 bridgehead atoms. The molecule has 194 valence electrons. The number of barbiturate groups is 1. The second kappa shape index (κ2) is 11.2. The number of carbonyl (C=O) groups is 4. The molecule has 4 rings (SSSR count). The van der Waals surface area contributed by atoms with Crippen LogP contribution in [0.2, 0.25) is 5.02 Å². The molecule has 0 atom stereocenters. The van der Waals surface area contributed by atoms with Gasteiger partial charge in [-0.05, 0) is 67.4 Å². The first-order chi connectivity index (χ1) is 18.2. The first-order valence-electron chi connectivity index (χ1n) is 11.6. The number of carbonyl (C=O) groups excluding carboxylic acids is 3. The lowest BCUT2D eigenvalue weighted by Crippen LogP contribution is -2.54. The monoisotopic (exact) mass is 534 g/mol. The van der Waals surface area contributed by atoms with Crippen molar-refractivity contribution in [1.82, 2.24) is 5.32 Å². The van der Waals surface area contributed by atoms with Crippen molar-refractivity contribution >= 4 is 47.2 Å². The van der Waals surface area contributed by atoms with E-state index >= 15 is 0 Å². The van der Waals surface area contributed by atoms with Crippen molar-refractivity contribution in [2.75, 3.05) is 11.5 Å². The predicted octanol–water partition coefficient (Wildman–Crippen LogP) is 4.99. The molecule has 0 spiro atoms. The lowest BCUT2D eigenvalue weighted by Gasteiger charge is -2.26. The number of urea groups is 1. The topological polar surface area (TPSA) is 122 Å². The highest BCUT2D eigenvalue weighted by Gasteiger charge is 2.36. The van der Waals surface area contributed by atoms with Gasteiger partial charge >= 0.3 is 12.0 Å². The Morgan fingerprint density at radius 1 is 1.03 bits per heavy atom.